The second-order valence-electron chi connectivity index (χ2n) is 11.3. The van der Waals surface area contributed by atoms with E-state index in [1.165, 1.54) is 41.7 Å². The Labute approximate surface area is 261 Å². The van der Waals surface area contributed by atoms with Gasteiger partial charge in [-0.25, -0.2) is 0 Å². The van der Waals surface area contributed by atoms with E-state index in [1.807, 2.05) is 0 Å². The number of thiophene rings is 1. The Bertz CT molecular complexity index is 2550. The molecular formula is C39H23N5S. The monoisotopic (exact) mass is 593 g/mol. The molecule has 0 bridgehead atoms. The van der Waals surface area contributed by atoms with Gasteiger partial charge in [-0.05, 0) is 36.4 Å². The Morgan fingerprint density at radius 3 is 1.31 bits per heavy atom. The number of hydrogen-bond donors (Lipinski definition) is 0. The molecule has 4 heterocycles. The SMILES string of the molecule is c1ccc2c(c1)sc1c(-c3nc(-n4c5ccccc5c5ccccc54)nc(-n4c5ccccc5c5ccccc54)n3)cccc12. The molecule has 5 nitrogen and oxygen atoms in total. The van der Waals surface area contributed by atoms with Crippen molar-refractivity contribution in [2.45, 2.75) is 0 Å². The van der Waals surface area contributed by atoms with Crippen LogP contribution >= 0.6 is 11.3 Å². The molecule has 4 aromatic heterocycles. The van der Waals surface area contributed by atoms with Crippen LogP contribution in [0.1, 0.15) is 0 Å². The predicted molar refractivity (Wildman–Crippen MR) is 187 cm³/mol. The van der Waals surface area contributed by atoms with Crippen LogP contribution in [0.5, 0.6) is 0 Å². The smallest absolute Gasteiger partial charge is 0.240 e. The first kappa shape index (κ1) is 24.6. The molecule has 0 saturated heterocycles. The molecule has 0 aliphatic rings. The van der Waals surface area contributed by atoms with Crippen LogP contribution < -0.4 is 0 Å². The molecule has 10 aromatic rings. The molecule has 6 aromatic carbocycles. The van der Waals surface area contributed by atoms with E-state index in [1.54, 1.807) is 11.3 Å². The zero-order valence-corrected chi connectivity index (χ0v) is 24.7. The van der Waals surface area contributed by atoms with E-state index in [4.69, 9.17) is 15.0 Å². The third-order valence-electron chi connectivity index (χ3n) is 8.82. The van der Waals surface area contributed by atoms with Crippen LogP contribution in [0.25, 0.3) is 87.1 Å². The molecule has 0 N–H and O–H groups in total. The van der Waals surface area contributed by atoms with Crippen LogP contribution in [0, 0.1) is 0 Å². The van der Waals surface area contributed by atoms with Crippen LogP contribution in [-0.2, 0) is 0 Å². The lowest BCUT2D eigenvalue weighted by molar-refractivity contribution is 0.893. The van der Waals surface area contributed by atoms with Gasteiger partial charge in [-0.1, -0.05) is 103 Å². The normalized spacial score (nSPS) is 12.0. The van der Waals surface area contributed by atoms with Gasteiger partial charge < -0.3 is 0 Å². The lowest BCUT2D eigenvalue weighted by Crippen LogP contribution is -2.10. The van der Waals surface area contributed by atoms with E-state index >= 15 is 0 Å². The van der Waals surface area contributed by atoms with Gasteiger partial charge in [0.05, 0.1) is 22.1 Å². The Balaban J connectivity index is 1.35. The van der Waals surface area contributed by atoms with Crippen molar-refractivity contribution < 1.29 is 0 Å². The number of para-hydroxylation sites is 4. The minimum Gasteiger partial charge on any atom is -0.278 e. The Morgan fingerprint density at radius 2 is 0.800 bits per heavy atom. The minimum atomic E-state index is 0.590. The van der Waals surface area contributed by atoms with Crippen molar-refractivity contribution in [2.24, 2.45) is 0 Å². The summed E-state index contributed by atoms with van der Waals surface area (Å²) in [4.78, 5) is 15.8. The van der Waals surface area contributed by atoms with Crippen LogP contribution in [0.4, 0.5) is 0 Å². The second-order valence-corrected chi connectivity index (χ2v) is 12.3. The fourth-order valence-corrected chi connectivity index (χ4v) is 8.09. The summed E-state index contributed by atoms with van der Waals surface area (Å²) in [6.07, 6.45) is 0. The number of aromatic nitrogens is 5. The van der Waals surface area contributed by atoms with Crippen LogP contribution in [0.15, 0.2) is 140 Å². The molecule has 0 radical (unpaired) electrons. The molecule has 10 rings (SSSR count). The van der Waals surface area contributed by atoms with Gasteiger partial charge in [0, 0.05) is 47.3 Å². The average molecular weight is 594 g/mol. The number of nitrogens with zero attached hydrogens (tertiary/aromatic N) is 5. The molecule has 0 unspecified atom stereocenters. The van der Waals surface area contributed by atoms with Crippen molar-refractivity contribution in [2.75, 3.05) is 0 Å². The summed E-state index contributed by atoms with van der Waals surface area (Å²) in [5.74, 6) is 1.83. The van der Waals surface area contributed by atoms with Crippen molar-refractivity contribution in [1.29, 1.82) is 0 Å². The summed E-state index contributed by atoms with van der Waals surface area (Å²) in [7, 11) is 0. The van der Waals surface area contributed by atoms with Crippen molar-refractivity contribution in [3.63, 3.8) is 0 Å². The summed E-state index contributed by atoms with van der Waals surface area (Å²) in [5, 5.41) is 7.13. The molecule has 0 fully saturated rings. The van der Waals surface area contributed by atoms with Gasteiger partial charge in [0.2, 0.25) is 11.9 Å². The molecular weight excluding hydrogens is 571 g/mol. The zero-order chi connectivity index (χ0) is 29.5. The van der Waals surface area contributed by atoms with E-state index in [0.29, 0.717) is 17.7 Å². The van der Waals surface area contributed by atoms with Crippen LogP contribution in [0.2, 0.25) is 0 Å². The van der Waals surface area contributed by atoms with Gasteiger partial charge >= 0.3 is 0 Å². The van der Waals surface area contributed by atoms with Gasteiger partial charge in [0.15, 0.2) is 5.82 Å². The highest BCUT2D eigenvalue weighted by Gasteiger charge is 2.21. The van der Waals surface area contributed by atoms with E-state index in [9.17, 15) is 0 Å². The second kappa shape index (κ2) is 9.32. The summed E-state index contributed by atoms with van der Waals surface area (Å²) in [6, 6.07) is 48.9. The number of hydrogen-bond acceptors (Lipinski definition) is 4. The highest BCUT2D eigenvalue weighted by molar-refractivity contribution is 7.26. The third-order valence-corrected chi connectivity index (χ3v) is 10.0. The van der Waals surface area contributed by atoms with Crippen molar-refractivity contribution in [3.8, 4) is 23.3 Å². The number of rotatable bonds is 3. The maximum atomic E-state index is 5.27. The molecule has 0 aliphatic heterocycles. The Kier molecular flexibility index (Phi) is 5.09. The lowest BCUT2D eigenvalue weighted by Gasteiger charge is -2.13. The topological polar surface area (TPSA) is 48.5 Å². The molecule has 6 heteroatoms. The summed E-state index contributed by atoms with van der Waals surface area (Å²) < 4.78 is 6.78. The van der Waals surface area contributed by atoms with Crippen molar-refractivity contribution >= 4 is 75.1 Å². The highest BCUT2D eigenvalue weighted by atomic mass is 32.1. The molecule has 210 valence electrons. The Morgan fingerprint density at radius 1 is 0.378 bits per heavy atom. The summed E-state index contributed by atoms with van der Waals surface area (Å²) >= 11 is 1.79. The molecule has 0 amide bonds. The summed E-state index contributed by atoms with van der Waals surface area (Å²) in [6.45, 7) is 0. The van der Waals surface area contributed by atoms with E-state index < -0.39 is 0 Å². The maximum absolute atomic E-state index is 5.27. The molecule has 0 atom stereocenters. The van der Waals surface area contributed by atoms with Gasteiger partial charge in [0.25, 0.3) is 0 Å². The zero-order valence-electron chi connectivity index (χ0n) is 23.9. The number of benzene rings is 6. The van der Waals surface area contributed by atoms with E-state index in [-0.39, 0.29) is 0 Å². The first-order valence-corrected chi connectivity index (χ1v) is 15.8. The van der Waals surface area contributed by atoms with E-state index in [0.717, 1.165) is 27.6 Å². The summed E-state index contributed by atoms with van der Waals surface area (Å²) in [5.41, 5.74) is 5.24. The molecule has 45 heavy (non-hydrogen) atoms. The molecule has 0 saturated carbocycles. The predicted octanol–water partition coefficient (Wildman–Crippen LogP) is 10.1. The first-order chi connectivity index (χ1) is 22.3. The van der Waals surface area contributed by atoms with Gasteiger partial charge in [0.1, 0.15) is 0 Å². The fourth-order valence-electron chi connectivity index (χ4n) is 6.87. The Hall–Kier alpha value is -5.85. The van der Waals surface area contributed by atoms with E-state index in [2.05, 4.69) is 149 Å². The van der Waals surface area contributed by atoms with Gasteiger partial charge in [-0.2, -0.15) is 15.0 Å². The van der Waals surface area contributed by atoms with Crippen LogP contribution in [0.3, 0.4) is 0 Å². The quantitative estimate of drug-likeness (QED) is 0.205. The minimum absolute atomic E-state index is 0.590. The highest BCUT2D eigenvalue weighted by Crippen LogP contribution is 2.40. The van der Waals surface area contributed by atoms with Crippen LogP contribution in [-0.4, -0.2) is 24.1 Å². The van der Waals surface area contributed by atoms with Gasteiger partial charge in [-0.15, -0.1) is 11.3 Å². The standard InChI is InChI=1S/C39H23N5S/c1-6-19-31-24(12-1)25-13-2-7-20-32(25)43(31)38-40-37(30-18-11-17-29-28-16-5-10-23-35(28)45-36(29)30)41-39(42-38)44-33-21-8-3-14-26(33)27-15-4-9-22-34(27)44/h1-23H. The molecule has 0 aliphatic carbocycles. The fraction of sp³-hybridized carbons (Fsp3) is 0. The average Bonchev–Trinajstić information content (AvgIpc) is 3.76. The first-order valence-electron chi connectivity index (χ1n) is 15.0. The van der Waals surface area contributed by atoms with Gasteiger partial charge in [-0.3, -0.25) is 9.13 Å². The molecule has 0 spiro atoms. The number of fused-ring (bicyclic) bond motifs is 9. The maximum Gasteiger partial charge on any atom is 0.240 e. The lowest BCUT2D eigenvalue weighted by atomic mass is 10.1. The largest absolute Gasteiger partial charge is 0.278 e. The third kappa shape index (κ3) is 3.51. The van der Waals surface area contributed by atoms with Crippen molar-refractivity contribution in [1.82, 2.24) is 24.1 Å². The van der Waals surface area contributed by atoms with Crippen molar-refractivity contribution in [3.05, 3.63) is 140 Å².